The highest BCUT2D eigenvalue weighted by Gasteiger charge is 2.21. The van der Waals surface area contributed by atoms with Gasteiger partial charge in [-0.1, -0.05) is 0 Å². The molecule has 0 bridgehead atoms. The van der Waals surface area contributed by atoms with Crippen LogP contribution < -0.4 is 10.3 Å². The first-order chi connectivity index (χ1) is 12.0. The molecule has 0 radical (unpaired) electrons. The van der Waals surface area contributed by atoms with Crippen LogP contribution in [0, 0.1) is 4.77 Å². The number of hydrogen-bond acceptors (Lipinski definition) is 4. The Labute approximate surface area is 150 Å². The SMILES string of the molecule is COc1ccc2c(c1)c(CN1CCc3[nH]c(=S)[nH]c(=O)c3C1)cn2C. The molecule has 1 aliphatic rings. The normalized spacial score (nSPS) is 14.6. The molecular weight excluding hydrogens is 336 g/mol. The second-order valence-electron chi connectivity index (χ2n) is 6.47. The van der Waals surface area contributed by atoms with Crippen molar-refractivity contribution in [1.82, 2.24) is 19.4 Å². The lowest BCUT2D eigenvalue weighted by atomic mass is 10.1. The minimum atomic E-state index is -0.0805. The van der Waals surface area contributed by atoms with Crippen LogP contribution in [0.1, 0.15) is 16.8 Å². The number of benzene rings is 1. The number of rotatable bonds is 3. The van der Waals surface area contributed by atoms with E-state index in [1.807, 2.05) is 6.07 Å². The van der Waals surface area contributed by atoms with Gasteiger partial charge in [-0.15, -0.1) is 0 Å². The number of aryl methyl sites for hydroxylation is 1. The van der Waals surface area contributed by atoms with Crippen LogP contribution in [0.5, 0.6) is 5.75 Å². The van der Waals surface area contributed by atoms with Gasteiger partial charge in [-0.3, -0.25) is 14.7 Å². The minimum Gasteiger partial charge on any atom is -0.497 e. The van der Waals surface area contributed by atoms with E-state index in [0.29, 0.717) is 11.3 Å². The third-order valence-electron chi connectivity index (χ3n) is 4.86. The average molecular weight is 356 g/mol. The van der Waals surface area contributed by atoms with Crippen LogP contribution in [-0.2, 0) is 26.6 Å². The van der Waals surface area contributed by atoms with Gasteiger partial charge in [0, 0.05) is 55.9 Å². The fourth-order valence-electron chi connectivity index (χ4n) is 3.59. The second kappa shape index (κ2) is 6.16. The van der Waals surface area contributed by atoms with E-state index in [2.05, 4.69) is 44.8 Å². The molecule has 0 unspecified atom stereocenters. The largest absolute Gasteiger partial charge is 0.497 e. The molecule has 25 heavy (non-hydrogen) atoms. The van der Waals surface area contributed by atoms with Gasteiger partial charge in [0.25, 0.3) is 5.56 Å². The van der Waals surface area contributed by atoms with Gasteiger partial charge in [0.2, 0.25) is 0 Å². The first-order valence-corrected chi connectivity index (χ1v) is 8.64. The summed E-state index contributed by atoms with van der Waals surface area (Å²) in [4.78, 5) is 20.3. The van der Waals surface area contributed by atoms with Crippen molar-refractivity contribution in [2.45, 2.75) is 19.5 Å². The van der Waals surface area contributed by atoms with Gasteiger partial charge < -0.3 is 14.3 Å². The van der Waals surface area contributed by atoms with E-state index < -0.39 is 0 Å². The molecule has 130 valence electrons. The Morgan fingerprint density at radius 2 is 2.16 bits per heavy atom. The van der Waals surface area contributed by atoms with E-state index in [1.165, 1.54) is 16.5 Å². The quantitative estimate of drug-likeness (QED) is 0.708. The van der Waals surface area contributed by atoms with E-state index >= 15 is 0 Å². The fourth-order valence-corrected chi connectivity index (χ4v) is 3.81. The van der Waals surface area contributed by atoms with Crippen molar-refractivity contribution in [3.8, 4) is 5.75 Å². The van der Waals surface area contributed by atoms with Crippen molar-refractivity contribution >= 4 is 23.1 Å². The molecule has 0 fully saturated rings. The van der Waals surface area contributed by atoms with Crippen LogP contribution >= 0.6 is 12.2 Å². The van der Waals surface area contributed by atoms with Crippen LogP contribution in [0.15, 0.2) is 29.2 Å². The molecule has 0 saturated heterocycles. The number of nitrogens with zero attached hydrogens (tertiary/aromatic N) is 2. The first kappa shape index (κ1) is 16.1. The van der Waals surface area contributed by atoms with Crippen LogP contribution in [0.4, 0.5) is 0 Å². The summed E-state index contributed by atoms with van der Waals surface area (Å²) < 4.78 is 7.90. The molecule has 1 aliphatic heterocycles. The zero-order valence-corrected chi connectivity index (χ0v) is 15.1. The summed E-state index contributed by atoms with van der Waals surface area (Å²) in [5.41, 5.74) is 4.08. The summed E-state index contributed by atoms with van der Waals surface area (Å²) in [6.07, 6.45) is 2.96. The van der Waals surface area contributed by atoms with E-state index in [-0.39, 0.29) is 5.56 Å². The number of ether oxygens (including phenoxy) is 1. The summed E-state index contributed by atoms with van der Waals surface area (Å²) in [5, 5.41) is 1.19. The number of nitrogens with one attached hydrogen (secondary N) is 2. The lowest BCUT2D eigenvalue weighted by molar-refractivity contribution is 0.242. The molecule has 3 aromatic rings. The van der Waals surface area contributed by atoms with Gasteiger partial charge >= 0.3 is 0 Å². The lowest BCUT2D eigenvalue weighted by Crippen LogP contribution is -2.35. The Hall–Kier alpha value is -2.38. The summed E-state index contributed by atoms with van der Waals surface area (Å²) in [6.45, 7) is 2.30. The molecule has 4 rings (SSSR count). The van der Waals surface area contributed by atoms with Crippen molar-refractivity contribution in [2.24, 2.45) is 7.05 Å². The van der Waals surface area contributed by atoms with Crippen molar-refractivity contribution in [1.29, 1.82) is 0 Å². The summed E-state index contributed by atoms with van der Waals surface area (Å²) >= 11 is 5.06. The predicted octanol–water partition coefficient (Wildman–Crippen LogP) is 2.49. The topological polar surface area (TPSA) is 66.0 Å². The highest BCUT2D eigenvalue weighted by atomic mass is 32.1. The molecule has 0 atom stereocenters. The number of aromatic amines is 2. The van der Waals surface area contributed by atoms with Crippen LogP contribution in [-0.4, -0.2) is 33.1 Å². The zero-order chi connectivity index (χ0) is 17.6. The van der Waals surface area contributed by atoms with Gasteiger partial charge in [-0.2, -0.15) is 0 Å². The van der Waals surface area contributed by atoms with E-state index in [0.717, 1.165) is 36.5 Å². The number of aromatic nitrogens is 3. The molecular formula is C18H20N4O2S. The molecule has 7 heteroatoms. The van der Waals surface area contributed by atoms with Crippen LogP contribution in [0.3, 0.4) is 0 Å². The number of fused-ring (bicyclic) bond motifs is 2. The minimum absolute atomic E-state index is 0.0805. The maximum Gasteiger partial charge on any atom is 0.256 e. The van der Waals surface area contributed by atoms with Crippen molar-refractivity contribution in [3.05, 3.63) is 56.3 Å². The Morgan fingerprint density at radius 3 is 2.96 bits per heavy atom. The molecule has 3 heterocycles. The third kappa shape index (κ3) is 2.89. The molecule has 6 nitrogen and oxygen atoms in total. The molecule has 2 N–H and O–H groups in total. The Bertz CT molecular complexity index is 1060. The van der Waals surface area contributed by atoms with Crippen molar-refractivity contribution < 1.29 is 4.74 Å². The number of hydrogen-bond donors (Lipinski definition) is 2. The molecule has 1 aromatic carbocycles. The van der Waals surface area contributed by atoms with Gasteiger partial charge in [0.1, 0.15) is 5.75 Å². The van der Waals surface area contributed by atoms with Gasteiger partial charge in [0.15, 0.2) is 4.77 Å². The van der Waals surface area contributed by atoms with Gasteiger partial charge in [-0.05, 0) is 36.0 Å². The van der Waals surface area contributed by atoms with Crippen molar-refractivity contribution in [3.63, 3.8) is 0 Å². The zero-order valence-electron chi connectivity index (χ0n) is 14.3. The van der Waals surface area contributed by atoms with Gasteiger partial charge in [0.05, 0.1) is 12.7 Å². The second-order valence-corrected chi connectivity index (χ2v) is 6.88. The average Bonchev–Trinajstić information content (AvgIpc) is 2.90. The summed E-state index contributed by atoms with van der Waals surface area (Å²) in [7, 11) is 3.73. The summed E-state index contributed by atoms with van der Waals surface area (Å²) in [6, 6.07) is 6.13. The maximum absolute atomic E-state index is 12.2. The standard InChI is InChI=1S/C18H20N4O2S/c1-21-8-11(13-7-12(24-2)3-4-16(13)21)9-22-6-5-15-14(10-22)17(23)20-18(25)19-15/h3-4,7-8H,5-6,9-10H2,1-2H3,(H2,19,20,23,25). The number of H-pyrrole nitrogens is 2. The lowest BCUT2D eigenvalue weighted by Gasteiger charge is -2.27. The Balaban J connectivity index is 1.66. The first-order valence-electron chi connectivity index (χ1n) is 8.24. The van der Waals surface area contributed by atoms with E-state index in [4.69, 9.17) is 17.0 Å². The molecule has 0 amide bonds. The molecule has 0 aliphatic carbocycles. The van der Waals surface area contributed by atoms with Crippen LogP contribution in [0.2, 0.25) is 0 Å². The highest BCUT2D eigenvalue weighted by Crippen LogP contribution is 2.27. The fraction of sp³-hybridized carbons (Fsp3) is 0.333. The van der Waals surface area contributed by atoms with E-state index in [1.54, 1.807) is 7.11 Å². The Morgan fingerprint density at radius 1 is 1.32 bits per heavy atom. The Kier molecular flexibility index (Phi) is 3.97. The monoisotopic (exact) mass is 356 g/mol. The van der Waals surface area contributed by atoms with Crippen LogP contribution in [0.25, 0.3) is 10.9 Å². The number of methoxy groups -OCH3 is 1. The molecule has 0 saturated carbocycles. The summed E-state index contributed by atoms with van der Waals surface area (Å²) in [5.74, 6) is 0.855. The molecule has 0 spiro atoms. The smallest absolute Gasteiger partial charge is 0.256 e. The predicted molar refractivity (Wildman–Crippen MR) is 99.5 cm³/mol. The van der Waals surface area contributed by atoms with Gasteiger partial charge in [-0.25, -0.2) is 0 Å². The third-order valence-corrected chi connectivity index (χ3v) is 5.07. The molecule has 2 aromatic heterocycles. The maximum atomic E-state index is 12.2. The highest BCUT2D eigenvalue weighted by molar-refractivity contribution is 7.71. The van der Waals surface area contributed by atoms with Crippen molar-refractivity contribution in [2.75, 3.05) is 13.7 Å². The van der Waals surface area contributed by atoms with E-state index in [9.17, 15) is 4.79 Å².